The van der Waals surface area contributed by atoms with Crippen LogP contribution in [0.3, 0.4) is 0 Å². The maximum absolute atomic E-state index is 14.7. The van der Waals surface area contributed by atoms with Gasteiger partial charge in [-0.25, -0.2) is 4.39 Å². The number of anilines is 1. The van der Waals surface area contributed by atoms with Crippen molar-refractivity contribution < 1.29 is 37.6 Å². The van der Waals surface area contributed by atoms with Gasteiger partial charge in [0.15, 0.2) is 29.1 Å². The summed E-state index contributed by atoms with van der Waals surface area (Å²) in [4.78, 5) is 13.3. The normalized spacial score (nSPS) is 17.4. The molecule has 2 N–H and O–H groups in total. The quantitative estimate of drug-likeness (QED) is 0.337. The van der Waals surface area contributed by atoms with Crippen LogP contribution in [0.5, 0.6) is 23.1 Å². The van der Waals surface area contributed by atoms with Gasteiger partial charge < -0.3 is 33.9 Å². The van der Waals surface area contributed by atoms with E-state index in [1.165, 1.54) is 22.9 Å². The zero-order valence-corrected chi connectivity index (χ0v) is 22.6. The molecule has 1 aliphatic rings. The molecule has 2 atom stereocenters. The Labute approximate surface area is 225 Å². The van der Waals surface area contributed by atoms with Gasteiger partial charge in [-0.15, -0.1) is 0 Å². The number of nitrogens with zero attached hydrogens (tertiary/aromatic N) is 3. The Kier molecular flexibility index (Phi) is 8.45. The van der Waals surface area contributed by atoms with E-state index in [1.807, 2.05) is 27.7 Å². The summed E-state index contributed by atoms with van der Waals surface area (Å²) in [5.74, 6) is -3.81. The number of amides is 1. The zero-order chi connectivity index (χ0) is 28.3. The first-order valence-corrected chi connectivity index (χ1v) is 12.8. The van der Waals surface area contributed by atoms with Gasteiger partial charge >= 0.3 is 0 Å². The van der Waals surface area contributed by atoms with Crippen LogP contribution in [0.1, 0.15) is 47.1 Å². The van der Waals surface area contributed by atoms with E-state index in [2.05, 4.69) is 10.4 Å². The van der Waals surface area contributed by atoms with E-state index in [1.54, 1.807) is 23.9 Å². The molecule has 3 heterocycles. The van der Waals surface area contributed by atoms with Crippen LogP contribution >= 0.6 is 0 Å². The van der Waals surface area contributed by atoms with Crippen molar-refractivity contribution in [2.75, 3.05) is 18.5 Å². The third-order valence-corrected chi connectivity index (χ3v) is 6.02. The van der Waals surface area contributed by atoms with E-state index >= 15 is 0 Å². The second-order valence-electron chi connectivity index (χ2n) is 10.2. The van der Waals surface area contributed by atoms with Crippen LogP contribution in [0.4, 0.5) is 14.6 Å². The Bertz CT molecular complexity index is 1310. The predicted octanol–water partition coefficient (Wildman–Crippen LogP) is 5.24. The number of ether oxygens (including phenoxy) is 4. The standard InChI is InChI=1S/C27H34F2N4O6/c1-6-36-21-8-7-19(28)25(24(21)29)38-17-12-23(34)33(14-17)20(11-16(2)3)26(35)30-22-9-10-32(31-22)13-18-15-37-27(4,5)39-18/h7-10,12,14,16,18,20,34H,6,11,13,15H2,1-5H3,(H,30,31,35)/t18-,20+/m1/s1. The highest BCUT2D eigenvalue weighted by atomic mass is 19.1. The molecule has 4 rings (SSSR count). The molecule has 1 amide bonds. The molecule has 39 heavy (non-hydrogen) atoms. The third-order valence-electron chi connectivity index (χ3n) is 6.02. The van der Waals surface area contributed by atoms with Gasteiger partial charge in [-0.1, -0.05) is 13.8 Å². The molecule has 2 aromatic heterocycles. The summed E-state index contributed by atoms with van der Waals surface area (Å²) in [6.45, 7) is 10.3. The van der Waals surface area contributed by atoms with Crippen LogP contribution in [0.2, 0.25) is 0 Å². The fraction of sp³-hybridized carbons (Fsp3) is 0.481. The lowest BCUT2D eigenvalue weighted by Gasteiger charge is -2.20. The fourth-order valence-electron chi connectivity index (χ4n) is 4.34. The molecule has 1 aromatic carbocycles. The molecule has 12 heteroatoms. The first kappa shape index (κ1) is 28.4. The molecule has 0 saturated carbocycles. The first-order valence-electron chi connectivity index (χ1n) is 12.8. The van der Waals surface area contributed by atoms with E-state index in [9.17, 15) is 18.7 Å². The number of carbonyl (C=O) groups is 1. The third kappa shape index (κ3) is 6.87. The van der Waals surface area contributed by atoms with Crippen LogP contribution in [-0.2, 0) is 20.8 Å². The lowest BCUT2D eigenvalue weighted by atomic mass is 10.0. The summed E-state index contributed by atoms with van der Waals surface area (Å²) < 4.78 is 54.0. The molecule has 0 spiro atoms. The molecule has 0 aliphatic carbocycles. The van der Waals surface area contributed by atoms with Crippen LogP contribution < -0.4 is 14.8 Å². The second kappa shape index (κ2) is 11.6. The number of nitrogens with one attached hydrogen (secondary N) is 1. The van der Waals surface area contributed by atoms with Gasteiger partial charge in [0, 0.05) is 18.3 Å². The SMILES string of the molecule is CCOc1ccc(F)c(Oc2cc(O)n([C@@H](CC(C)C)C(=O)Nc3ccn(C[C@@H]4COC(C)(C)O4)n3)c2)c1F. The first-order chi connectivity index (χ1) is 18.5. The number of benzene rings is 1. The summed E-state index contributed by atoms with van der Waals surface area (Å²) in [6, 6.07) is 4.19. The topological polar surface area (TPSA) is 109 Å². The van der Waals surface area contributed by atoms with Crippen molar-refractivity contribution in [2.45, 2.75) is 65.5 Å². The van der Waals surface area contributed by atoms with E-state index in [0.717, 1.165) is 6.07 Å². The van der Waals surface area contributed by atoms with Crippen molar-refractivity contribution >= 4 is 11.7 Å². The lowest BCUT2D eigenvalue weighted by molar-refractivity contribution is -0.139. The summed E-state index contributed by atoms with van der Waals surface area (Å²) in [5.41, 5.74) is 0. The van der Waals surface area contributed by atoms with Crippen LogP contribution in [0.25, 0.3) is 0 Å². The molecule has 0 unspecified atom stereocenters. The number of halogens is 2. The number of hydrogen-bond acceptors (Lipinski definition) is 7. The second-order valence-corrected chi connectivity index (χ2v) is 10.2. The molecule has 1 saturated heterocycles. The Morgan fingerprint density at radius 3 is 2.74 bits per heavy atom. The fourth-order valence-corrected chi connectivity index (χ4v) is 4.34. The molecule has 0 bridgehead atoms. The summed E-state index contributed by atoms with van der Waals surface area (Å²) in [7, 11) is 0. The smallest absolute Gasteiger partial charge is 0.248 e. The van der Waals surface area contributed by atoms with Gasteiger partial charge in [0.2, 0.25) is 17.5 Å². The molecular weight excluding hydrogens is 514 g/mol. The van der Waals surface area contributed by atoms with E-state index in [-0.39, 0.29) is 36.0 Å². The van der Waals surface area contributed by atoms with Crippen molar-refractivity contribution in [3.8, 4) is 23.1 Å². The van der Waals surface area contributed by atoms with Crippen LogP contribution in [-0.4, -0.2) is 50.5 Å². The monoisotopic (exact) mass is 548 g/mol. The highest BCUT2D eigenvalue weighted by Crippen LogP contribution is 2.37. The van der Waals surface area contributed by atoms with E-state index in [4.69, 9.17) is 18.9 Å². The van der Waals surface area contributed by atoms with Gasteiger partial charge in [-0.05, 0) is 45.2 Å². The molecule has 212 valence electrons. The Morgan fingerprint density at radius 1 is 1.31 bits per heavy atom. The maximum atomic E-state index is 14.7. The number of hydrogen-bond donors (Lipinski definition) is 2. The van der Waals surface area contributed by atoms with Gasteiger partial charge in [0.25, 0.3) is 0 Å². The van der Waals surface area contributed by atoms with Crippen molar-refractivity contribution in [3.05, 3.63) is 48.3 Å². The van der Waals surface area contributed by atoms with Crippen LogP contribution in [0.15, 0.2) is 36.7 Å². The van der Waals surface area contributed by atoms with Gasteiger partial charge in [-0.2, -0.15) is 9.49 Å². The molecule has 0 radical (unpaired) electrons. The van der Waals surface area contributed by atoms with E-state index < -0.39 is 35.1 Å². The number of carbonyl (C=O) groups excluding carboxylic acids is 1. The summed E-state index contributed by atoms with van der Waals surface area (Å²) in [6.07, 6.45) is 3.24. The highest BCUT2D eigenvalue weighted by molar-refractivity contribution is 5.93. The molecule has 10 nitrogen and oxygen atoms in total. The average Bonchev–Trinajstić information content (AvgIpc) is 3.55. The van der Waals surface area contributed by atoms with Crippen LogP contribution in [0, 0.1) is 17.6 Å². The highest BCUT2D eigenvalue weighted by Gasteiger charge is 2.33. The summed E-state index contributed by atoms with van der Waals surface area (Å²) >= 11 is 0. The lowest BCUT2D eigenvalue weighted by Crippen LogP contribution is -2.27. The average molecular weight is 549 g/mol. The number of rotatable bonds is 11. The van der Waals surface area contributed by atoms with Gasteiger partial charge in [-0.3, -0.25) is 9.48 Å². The van der Waals surface area contributed by atoms with Gasteiger partial charge in [0.05, 0.1) is 26.0 Å². The molecule has 1 aliphatic heterocycles. The Balaban J connectivity index is 1.50. The van der Waals surface area contributed by atoms with E-state index in [0.29, 0.717) is 25.4 Å². The minimum absolute atomic E-state index is 0.0495. The minimum Gasteiger partial charge on any atom is -0.494 e. The van der Waals surface area contributed by atoms with Gasteiger partial charge in [0.1, 0.15) is 17.9 Å². The van der Waals surface area contributed by atoms with Crippen molar-refractivity contribution in [1.82, 2.24) is 14.3 Å². The summed E-state index contributed by atoms with van der Waals surface area (Å²) in [5, 5.41) is 17.8. The zero-order valence-electron chi connectivity index (χ0n) is 22.6. The Hall–Kier alpha value is -3.64. The molecular formula is C27H34F2N4O6. The van der Waals surface area contributed by atoms with Crippen molar-refractivity contribution in [3.63, 3.8) is 0 Å². The van der Waals surface area contributed by atoms with Crippen molar-refractivity contribution in [1.29, 1.82) is 0 Å². The number of aromatic nitrogens is 3. The molecule has 1 fully saturated rings. The predicted molar refractivity (Wildman–Crippen MR) is 138 cm³/mol. The van der Waals surface area contributed by atoms with Crippen molar-refractivity contribution in [2.24, 2.45) is 5.92 Å². The minimum atomic E-state index is -1.01. The maximum Gasteiger partial charge on any atom is 0.248 e. The largest absolute Gasteiger partial charge is 0.494 e. The Morgan fingerprint density at radius 2 is 2.08 bits per heavy atom. The number of aromatic hydroxyl groups is 1. The molecule has 3 aromatic rings.